The maximum atomic E-state index is 13.8. The zero-order valence-electron chi connectivity index (χ0n) is 21.5. The molecule has 204 valence electrons. The lowest BCUT2D eigenvalue weighted by Crippen LogP contribution is -2.40. The molecule has 0 saturated carbocycles. The van der Waals surface area contributed by atoms with Gasteiger partial charge in [0.2, 0.25) is 0 Å². The Morgan fingerprint density at radius 2 is 1.42 bits per heavy atom. The number of halogens is 4. The summed E-state index contributed by atoms with van der Waals surface area (Å²) in [5.41, 5.74) is -1.53. The van der Waals surface area contributed by atoms with Crippen molar-refractivity contribution in [2.45, 2.75) is 103 Å². The van der Waals surface area contributed by atoms with Crippen molar-refractivity contribution in [3.8, 4) is 0 Å². The minimum atomic E-state index is -4.81. The Hall–Kier alpha value is -2.12. The average Bonchev–Trinajstić information content (AvgIpc) is 2.85. The van der Waals surface area contributed by atoms with Crippen molar-refractivity contribution >= 4 is 11.9 Å². The molecule has 4 nitrogen and oxygen atoms in total. The summed E-state index contributed by atoms with van der Waals surface area (Å²) in [6.45, 7) is 3.19. The smallest absolute Gasteiger partial charge is 0.419 e. The van der Waals surface area contributed by atoms with Crippen molar-refractivity contribution < 1.29 is 31.9 Å². The van der Waals surface area contributed by atoms with Gasteiger partial charge in [-0.25, -0.2) is 4.39 Å². The van der Waals surface area contributed by atoms with Crippen molar-refractivity contribution in [1.29, 1.82) is 0 Å². The van der Waals surface area contributed by atoms with Gasteiger partial charge in [0.25, 0.3) is 5.91 Å². The number of nitrogens with zero attached hydrogens (tertiary/aromatic N) is 1. The monoisotopic (exact) mass is 515 g/mol. The van der Waals surface area contributed by atoms with Gasteiger partial charge in [0.15, 0.2) is 0 Å². The highest BCUT2D eigenvalue weighted by molar-refractivity contribution is 5.94. The fourth-order valence-corrected chi connectivity index (χ4v) is 4.61. The van der Waals surface area contributed by atoms with E-state index >= 15 is 0 Å². The molecule has 0 aliphatic carbocycles. The molecule has 0 aromatic heterocycles. The van der Waals surface area contributed by atoms with Gasteiger partial charge >= 0.3 is 12.1 Å². The molecule has 1 fully saturated rings. The van der Waals surface area contributed by atoms with Gasteiger partial charge in [-0.3, -0.25) is 9.59 Å². The number of amides is 1. The summed E-state index contributed by atoms with van der Waals surface area (Å²) >= 11 is 0. The van der Waals surface area contributed by atoms with Gasteiger partial charge < -0.3 is 9.64 Å². The predicted molar refractivity (Wildman–Crippen MR) is 132 cm³/mol. The van der Waals surface area contributed by atoms with Crippen molar-refractivity contribution in [3.05, 3.63) is 35.1 Å². The van der Waals surface area contributed by atoms with Crippen LogP contribution in [-0.2, 0) is 15.7 Å². The number of carbonyl (C=O) groups excluding carboxylic acids is 2. The molecule has 8 heteroatoms. The summed E-state index contributed by atoms with van der Waals surface area (Å²) < 4.78 is 57.4. The maximum Gasteiger partial charge on any atom is 0.419 e. The molecule has 0 unspecified atom stereocenters. The fourth-order valence-electron chi connectivity index (χ4n) is 4.61. The second-order valence-corrected chi connectivity index (χ2v) is 9.82. The minimum Gasteiger partial charge on any atom is -0.465 e. The number of esters is 1. The first-order chi connectivity index (χ1) is 17.2. The standard InChI is InChI=1S/C28H41F4NO3/c1-2-3-4-5-6-7-8-9-10-11-12-13-20-36-27(35)22-16-18-33(19-17-22)26(34)23-14-15-24(25(29)21-23)28(30,31)32/h14-15,21-22H,2-13,16-20H2,1H3. The van der Waals surface area contributed by atoms with Crippen LogP contribution in [0.3, 0.4) is 0 Å². The van der Waals surface area contributed by atoms with Crippen LogP contribution < -0.4 is 0 Å². The van der Waals surface area contributed by atoms with Gasteiger partial charge in [-0.15, -0.1) is 0 Å². The molecule has 1 saturated heterocycles. The van der Waals surface area contributed by atoms with E-state index in [0.29, 0.717) is 31.6 Å². The summed E-state index contributed by atoms with van der Waals surface area (Å²) in [7, 11) is 0. The molecular weight excluding hydrogens is 474 g/mol. The van der Waals surface area contributed by atoms with Crippen LogP contribution in [0.5, 0.6) is 0 Å². The zero-order chi connectivity index (χ0) is 26.4. The molecule has 0 spiro atoms. The Labute approximate surface area is 212 Å². The Morgan fingerprint density at radius 3 is 1.92 bits per heavy atom. The van der Waals surface area contributed by atoms with Crippen LogP contribution in [0.1, 0.15) is 113 Å². The topological polar surface area (TPSA) is 46.6 Å². The molecule has 1 aromatic rings. The lowest BCUT2D eigenvalue weighted by Gasteiger charge is -2.31. The summed E-state index contributed by atoms with van der Waals surface area (Å²) in [6.07, 6.45) is 10.9. The number of hydrogen-bond acceptors (Lipinski definition) is 3. The maximum absolute atomic E-state index is 13.8. The van der Waals surface area contributed by atoms with E-state index in [-0.39, 0.29) is 30.5 Å². The van der Waals surface area contributed by atoms with Crippen LogP contribution in [0.2, 0.25) is 0 Å². The van der Waals surface area contributed by atoms with Crippen LogP contribution in [0.25, 0.3) is 0 Å². The lowest BCUT2D eigenvalue weighted by atomic mass is 9.96. The van der Waals surface area contributed by atoms with Crippen LogP contribution >= 0.6 is 0 Å². The summed E-state index contributed by atoms with van der Waals surface area (Å²) in [6, 6.07) is 2.20. The molecule has 1 aromatic carbocycles. The van der Waals surface area contributed by atoms with E-state index in [1.807, 2.05) is 0 Å². The Morgan fingerprint density at radius 1 is 0.889 bits per heavy atom. The number of piperidine rings is 1. The minimum absolute atomic E-state index is 0.131. The SMILES string of the molecule is CCCCCCCCCCCCCCOC(=O)C1CCN(C(=O)c2ccc(C(F)(F)F)c(F)c2)CC1. The first-order valence-corrected chi connectivity index (χ1v) is 13.6. The third kappa shape index (κ3) is 10.5. The first-order valence-electron chi connectivity index (χ1n) is 13.6. The number of likely N-dealkylation sites (tertiary alicyclic amines) is 1. The van der Waals surface area contributed by atoms with Crippen molar-refractivity contribution in [3.63, 3.8) is 0 Å². The Balaban J connectivity index is 1.56. The number of benzene rings is 1. The molecule has 2 rings (SSSR count). The van der Waals surface area contributed by atoms with Crippen molar-refractivity contribution in [1.82, 2.24) is 4.90 Å². The third-order valence-electron chi connectivity index (χ3n) is 6.88. The average molecular weight is 516 g/mol. The number of rotatable bonds is 15. The number of ether oxygens (including phenoxy) is 1. The van der Waals surface area contributed by atoms with Crippen LogP contribution in [0.15, 0.2) is 18.2 Å². The molecular formula is C28H41F4NO3. The van der Waals surface area contributed by atoms with Gasteiger partial charge in [-0.2, -0.15) is 13.2 Å². The highest BCUT2D eigenvalue weighted by Gasteiger charge is 2.35. The summed E-state index contributed by atoms with van der Waals surface area (Å²) in [4.78, 5) is 26.3. The van der Waals surface area contributed by atoms with E-state index in [4.69, 9.17) is 4.74 Å². The van der Waals surface area contributed by atoms with Gasteiger partial charge in [-0.05, 0) is 37.5 Å². The predicted octanol–water partition coefficient (Wildman–Crippen LogP) is 7.94. The van der Waals surface area contributed by atoms with Crippen molar-refractivity contribution in [2.75, 3.05) is 19.7 Å². The molecule has 1 aliphatic rings. The number of carbonyl (C=O) groups is 2. The van der Waals surface area contributed by atoms with Gasteiger partial charge in [0.1, 0.15) is 5.82 Å². The molecule has 0 bridgehead atoms. The normalized spacial score (nSPS) is 14.8. The number of alkyl halides is 3. The first kappa shape index (κ1) is 30.1. The van der Waals surface area contributed by atoms with Crippen LogP contribution in [-0.4, -0.2) is 36.5 Å². The quantitative estimate of drug-likeness (QED) is 0.135. The molecule has 0 atom stereocenters. The highest BCUT2D eigenvalue weighted by atomic mass is 19.4. The Kier molecular flexibility index (Phi) is 13.3. The second kappa shape index (κ2) is 15.9. The molecule has 0 N–H and O–H groups in total. The van der Waals surface area contributed by atoms with E-state index in [0.717, 1.165) is 25.3 Å². The van der Waals surface area contributed by atoms with Crippen LogP contribution in [0, 0.1) is 11.7 Å². The van der Waals surface area contributed by atoms with E-state index in [9.17, 15) is 27.2 Å². The van der Waals surface area contributed by atoms with Gasteiger partial charge in [-0.1, -0.05) is 77.6 Å². The number of hydrogen-bond donors (Lipinski definition) is 0. The van der Waals surface area contributed by atoms with Crippen LogP contribution in [0.4, 0.5) is 17.6 Å². The van der Waals surface area contributed by atoms with E-state index < -0.39 is 23.5 Å². The van der Waals surface area contributed by atoms with Gasteiger partial charge in [0.05, 0.1) is 18.1 Å². The second-order valence-electron chi connectivity index (χ2n) is 9.82. The Bertz CT molecular complexity index is 804. The molecule has 1 heterocycles. The largest absolute Gasteiger partial charge is 0.465 e. The molecule has 1 aliphatic heterocycles. The van der Waals surface area contributed by atoms with Gasteiger partial charge in [0, 0.05) is 18.7 Å². The highest BCUT2D eigenvalue weighted by Crippen LogP contribution is 2.32. The molecule has 0 radical (unpaired) electrons. The molecule has 36 heavy (non-hydrogen) atoms. The number of unbranched alkanes of at least 4 members (excludes halogenated alkanes) is 11. The molecule has 1 amide bonds. The zero-order valence-corrected chi connectivity index (χ0v) is 21.5. The fraction of sp³-hybridized carbons (Fsp3) is 0.714. The summed E-state index contributed by atoms with van der Waals surface area (Å²) in [5.74, 6) is -2.56. The third-order valence-corrected chi connectivity index (χ3v) is 6.88. The van der Waals surface area contributed by atoms with E-state index in [1.165, 1.54) is 62.7 Å². The lowest BCUT2D eigenvalue weighted by molar-refractivity contribution is -0.150. The summed E-state index contributed by atoms with van der Waals surface area (Å²) in [5, 5.41) is 0. The van der Waals surface area contributed by atoms with E-state index in [2.05, 4.69) is 6.92 Å². The van der Waals surface area contributed by atoms with E-state index in [1.54, 1.807) is 0 Å². The van der Waals surface area contributed by atoms with Crippen molar-refractivity contribution in [2.24, 2.45) is 5.92 Å².